The highest BCUT2D eigenvalue weighted by atomic mass is 35.5. The Hall–Kier alpha value is -2.13. The minimum absolute atomic E-state index is 0. The molecule has 1 amide bonds. The van der Waals surface area contributed by atoms with Crippen LogP contribution in [0.3, 0.4) is 0 Å². The molecule has 23 heavy (non-hydrogen) atoms. The maximum atomic E-state index is 12.4. The maximum Gasteiger partial charge on any atom is 0.471 e. The fourth-order valence-corrected chi connectivity index (χ4v) is 1.53. The van der Waals surface area contributed by atoms with E-state index in [1.165, 1.54) is 24.3 Å². The summed E-state index contributed by atoms with van der Waals surface area (Å²) in [5.41, 5.74) is 6.22. The van der Waals surface area contributed by atoms with Gasteiger partial charge in [-0.1, -0.05) is 12.1 Å². The van der Waals surface area contributed by atoms with E-state index in [0.717, 1.165) is 0 Å². The summed E-state index contributed by atoms with van der Waals surface area (Å²) in [7, 11) is 0. The summed E-state index contributed by atoms with van der Waals surface area (Å²) in [6, 6.07) is 6.02. The number of carbonyl (C=O) groups excluding carboxylic acids is 1. The van der Waals surface area contributed by atoms with Gasteiger partial charge in [0.05, 0.1) is 0 Å². The van der Waals surface area contributed by atoms with E-state index in [-0.39, 0.29) is 36.6 Å². The van der Waals surface area contributed by atoms with Crippen LogP contribution >= 0.6 is 12.4 Å². The van der Waals surface area contributed by atoms with Crippen LogP contribution in [0.25, 0.3) is 11.4 Å². The molecule has 0 aliphatic rings. The predicted molar refractivity (Wildman–Crippen MR) is 78.8 cm³/mol. The van der Waals surface area contributed by atoms with Crippen molar-refractivity contribution in [2.75, 3.05) is 11.9 Å². The van der Waals surface area contributed by atoms with Crippen molar-refractivity contribution in [1.82, 2.24) is 10.1 Å². The molecule has 2 aromatic rings. The van der Waals surface area contributed by atoms with E-state index in [2.05, 4.69) is 20.0 Å². The van der Waals surface area contributed by atoms with Crippen molar-refractivity contribution in [3.8, 4) is 11.4 Å². The van der Waals surface area contributed by atoms with Crippen LogP contribution < -0.4 is 11.1 Å². The molecular weight excluding hydrogens is 337 g/mol. The third kappa shape index (κ3) is 4.67. The quantitative estimate of drug-likeness (QED) is 0.884. The normalized spacial score (nSPS) is 12.4. The Bertz CT molecular complexity index is 658. The number of hydrogen-bond donors (Lipinski definition) is 2. The van der Waals surface area contributed by atoms with Crippen LogP contribution in [0.15, 0.2) is 28.8 Å². The second-order valence-corrected chi connectivity index (χ2v) is 4.62. The van der Waals surface area contributed by atoms with Gasteiger partial charge in [0.25, 0.3) is 0 Å². The lowest BCUT2D eigenvalue weighted by Gasteiger charge is -2.09. The number of nitrogens with two attached hydrogens (primary N) is 1. The van der Waals surface area contributed by atoms with Crippen LogP contribution in [0, 0.1) is 5.92 Å². The van der Waals surface area contributed by atoms with Crippen LogP contribution in [0.4, 0.5) is 18.9 Å². The molecule has 6 nitrogen and oxygen atoms in total. The van der Waals surface area contributed by atoms with E-state index < -0.39 is 12.1 Å². The number of amides is 1. The van der Waals surface area contributed by atoms with E-state index >= 15 is 0 Å². The molecule has 0 aliphatic carbocycles. The molecule has 0 radical (unpaired) electrons. The molecule has 0 spiro atoms. The number of carbonyl (C=O) groups is 1. The molecule has 1 aromatic carbocycles. The molecule has 126 valence electrons. The Morgan fingerprint density at radius 3 is 2.43 bits per heavy atom. The van der Waals surface area contributed by atoms with E-state index in [1.807, 2.05) is 0 Å². The van der Waals surface area contributed by atoms with Gasteiger partial charge in [-0.05, 0) is 24.3 Å². The van der Waals surface area contributed by atoms with E-state index in [1.54, 1.807) is 6.92 Å². The highest BCUT2D eigenvalue weighted by Crippen LogP contribution is 2.29. The molecule has 1 heterocycles. The van der Waals surface area contributed by atoms with Gasteiger partial charge in [-0.15, -0.1) is 12.4 Å². The van der Waals surface area contributed by atoms with Crippen molar-refractivity contribution in [2.24, 2.45) is 11.7 Å². The number of halogens is 4. The number of aromatic nitrogens is 2. The lowest BCUT2D eigenvalue weighted by Crippen LogP contribution is -2.26. The number of nitrogens with zero attached hydrogens (tertiary/aromatic N) is 2. The van der Waals surface area contributed by atoms with Crippen molar-refractivity contribution in [2.45, 2.75) is 13.1 Å². The van der Waals surface area contributed by atoms with Crippen LogP contribution in [0.2, 0.25) is 0 Å². The summed E-state index contributed by atoms with van der Waals surface area (Å²) >= 11 is 0. The van der Waals surface area contributed by atoms with Gasteiger partial charge in [0.15, 0.2) is 0 Å². The molecule has 0 fully saturated rings. The summed E-state index contributed by atoms with van der Waals surface area (Å²) in [6.07, 6.45) is -4.68. The van der Waals surface area contributed by atoms with E-state index in [9.17, 15) is 18.0 Å². The summed E-state index contributed by atoms with van der Waals surface area (Å²) in [4.78, 5) is 14.9. The van der Waals surface area contributed by atoms with Crippen molar-refractivity contribution >= 4 is 24.0 Å². The average molecular weight is 351 g/mol. The summed E-state index contributed by atoms with van der Waals surface area (Å²) < 4.78 is 41.3. The van der Waals surface area contributed by atoms with Crippen LogP contribution in [-0.4, -0.2) is 22.6 Å². The number of rotatable bonds is 4. The van der Waals surface area contributed by atoms with Crippen molar-refractivity contribution in [3.63, 3.8) is 0 Å². The van der Waals surface area contributed by atoms with Gasteiger partial charge < -0.3 is 15.6 Å². The lowest BCUT2D eigenvalue weighted by molar-refractivity contribution is -0.159. The molecule has 1 atom stereocenters. The second-order valence-electron chi connectivity index (χ2n) is 4.62. The largest absolute Gasteiger partial charge is 0.471 e. The second kappa shape index (κ2) is 7.42. The number of hydrogen-bond acceptors (Lipinski definition) is 5. The lowest BCUT2D eigenvalue weighted by atomic mass is 10.1. The molecule has 0 saturated carbocycles. The Kier molecular flexibility index (Phi) is 6.11. The first-order valence-electron chi connectivity index (χ1n) is 6.33. The first-order valence-corrected chi connectivity index (χ1v) is 6.33. The van der Waals surface area contributed by atoms with Gasteiger partial charge >= 0.3 is 12.1 Å². The topological polar surface area (TPSA) is 94.0 Å². The Morgan fingerprint density at radius 2 is 1.96 bits per heavy atom. The monoisotopic (exact) mass is 350 g/mol. The molecule has 0 bridgehead atoms. The number of nitrogens with one attached hydrogen (secondary N) is 1. The minimum atomic E-state index is -4.68. The smallest absolute Gasteiger partial charge is 0.330 e. The van der Waals surface area contributed by atoms with E-state index in [0.29, 0.717) is 11.3 Å². The van der Waals surface area contributed by atoms with Crippen molar-refractivity contribution < 1.29 is 22.5 Å². The third-order valence-electron chi connectivity index (χ3n) is 2.88. The van der Waals surface area contributed by atoms with Crippen LogP contribution in [-0.2, 0) is 11.0 Å². The highest BCUT2D eigenvalue weighted by Gasteiger charge is 2.38. The number of alkyl halides is 3. The van der Waals surface area contributed by atoms with E-state index in [4.69, 9.17) is 5.73 Å². The van der Waals surface area contributed by atoms with Gasteiger partial charge in [0.1, 0.15) is 0 Å². The first-order chi connectivity index (χ1) is 10.3. The fourth-order valence-electron chi connectivity index (χ4n) is 1.53. The first kappa shape index (κ1) is 18.9. The van der Waals surface area contributed by atoms with Crippen molar-refractivity contribution in [3.05, 3.63) is 30.2 Å². The third-order valence-corrected chi connectivity index (χ3v) is 2.88. The maximum absolute atomic E-state index is 12.4. The molecule has 2 rings (SSSR count). The predicted octanol–water partition coefficient (Wildman–Crippen LogP) is 2.71. The zero-order valence-electron chi connectivity index (χ0n) is 11.9. The summed E-state index contributed by atoms with van der Waals surface area (Å²) in [5.74, 6) is -2.17. The molecule has 1 aromatic heterocycles. The number of anilines is 1. The van der Waals surface area contributed by atoms with Crippen molar-refractivity contribution in [1.29, 1.82) is 0 Å². The average Bonchev–Trinajstić information content (AvgIpc) is 2.97. The van der Waals surface area contributed by atoms with Gasteiger partial charge in [-0.2, -0.15) is 18.2 Å². The summed E-state index contributed by atoms with van der Waals surface area (Å²) in [6.45, 7) is 1.90. The van der Waals surface area contributed by atoms with Gasteiger partial charge in [-0.3, -0.25) is 4.79 Å². The zero-order chi connectivity index (χ0) is 16.3. The Labute approximate surface area is 135 Å². The number of benzene rings is 1. The fraction of sp³-hybridized carbons (Fsp3) is 0.308. The SMILES string of the molecule is CC(CN)C(=O)Nc1ccc(-c2noc(C(F)(F)F)n2)cc1.Cl. The minimum Gasteiger partial charge on any atom is -0.330 e. The molecule has 0 saturated heterocycles. The molecule has 1 unspecified atom stereocenters. The van der Waals surface area contributed by atoms with Crippen LogP contribution in [0.5, 0.6) is 0 Å². The zero-order valence-corrected chi connectivity index (χ0v) is 12.7. The van der Waals surface area contributed by atoms with Crippen LogP contribution in [0.1, 0.15) is 12.8 Å². The molecular formula is C13H14ClF3N4O2. The Morgan fingerprint density at radius 1 is 1.35 bits per heavy atom. The Balaban J connectivity index is 0.00000264. The summed E-state index contributed by atoms with van der Waals surface area (Å²) in [5, 5.41) is 5.91. The van der Waals surface area contributed by atoms with Gasteiger partial charge in [0, 0.05) is 23.7 Å². The molecule has 10 heteroatoms. The van der Waals surface area contributed by atoms with Gasteiger partial charge in [-0.25, -0.2) is 0 Å². The molecule has 0 aliphatic heterocycles. The standard InChI is InChI=1S/C13H13F3N4O2.ClH/c1-7(6-17)11(21)18-9-4-2-8(3-5-9)10-19-12(22-20-10)13(14,15)16;/h2-5,7H,6,17H2,1H3,(H,18,21);1H. The molecule has 3 N–H and O–H groups in total. The highest BCUT2D eigenvalue weighted by molar-refractivity contribution is 5.92. The van der Waals surface area contributed by atoms with Gasteiger partial charge in [0.2, 0.25) is 11.7 Å².